The van der Waals surface area contributed by atoms with Gasteiger partial charge in [0.1, 0.15) is 11.0 Å². The van der Waals surface area contributed by atoms with E-state index in [0.717, 1.165) is 18.5 Å². The largest absolute Gasteiger partial charge is 0.379 e. The van der Waals surface area contributed by atoms with Crippen LogP contribution in [0.15, 0.2) is 30.6 Å². The van der Waals surface area contributed by atoms with E-state index in [1.54, 1.807) is 19.2 Å². The number of imidazole rings is 1. The number of nitrogens with one attached hydrogen (secondary N) is 3. The van der Waals surface area contributed by atoms with Crippen molar-refractivity contribution in [2.24, 2.45) is 0 Å². The van der Waals surface area contributed by atoms with E-state index in [1.807, 2.05) is 6.07 Å². The molecule has 4 rings (SSSR count). The molecule has 1 fully saturated rings. The number of hydrogen-bond donors (Lipinski definition) is 3. The maximum absolute atomic E-state index is 12.6. The Hall–Kier alpha value is -2.87. The molecule has 0 unspecified atom stereocenters. The van der Waals surface area contributed by atoms with Gasteiger partial charge in [0.25, 0.3) is 5.91 Å². The number of aromatic nitrogens is 4. The number of halogens is 1. The number of carbonyl (C=O) groups is 1. The molecular formula is C16H16ClN7O. The molecule has 0 spiro atoms. The molecule has 1 aliphatic rings. The molecule has 3 aromatic rings. The fourth-order valence-corrected chi connectivity index (χ4v) is 2.65. The summed E-state index contributed by atoms with van der Waals surface area (Å²) < 4.78 is 1.54. The van der Waals surface area contributed by atoms with Crippen LogP contribution >= 0.6 is 11.6 Å². The topological polar surface area (TPSA) is 96.2 Å². The maximum Gasteiger partial charge on any atom is 0.276 e. The van der Waals surface area contributed by atoms with E-state index in [2.05, 4.69) is 31.0 Å². The minimum Gasteiger partial charge on any atom is -0.379 e. The normalized spacial score (nSPS) is 13.7. The van der Waals surface area contributed by atoms with E-state index < -0.39 is 0 Å². The summed E-state index contributed by atoms with van der Waals surface area (Å²) in [6.45, 7) is 0. The van der Waals surface area contributed by atoms with Gasteiger partial charge in [0, 0.05) is 31.0 Å². The first kappa shape index (κ1) is 15.6. The predicted molar refractivity (Wildman–Crippen MR) is 96.4 cm³/mol. The molecule has 1 saturated carbocycles. The third-order valence-electron chi connectivity index (χ3n) is 3.88. The molecule has 3 aromatic heterocycles. The number of rotatable bonds is 5. The molecule has 0 radical (unpaired) electrons. The van der Waals surface area contributed by atoms with Crippen LogP contribution in [0.5, 0.6) is 0 Å². The van der Waals surface area contributed by atoms with Gasteiger partial charge in [-0.1, -0.05) is 11.6 Å². The van der Waals surface area contributed by atoms with Crippen molar-refractivity contribution >= 4 is 40.3 Å². The van der Waals surface area contributed by atoms with Gasteiger partial charge in [0.2, 0.25) is 0 Å². The van der Waals surface area contributed by atoms with Crippen molar-refractivity contribution in [3.8, 4) is 0 Å². The first-order valence-corrected chi connectivity index (χ1v) is 8.28. The molecule has 8 nitrogen and oxygen atoms in total. The number of nitrogens with zero attached hydrogens (tertiary/aromatic N) is 4. The number of hydrogen-bond acceptors (Lipinski definition) is 6. The molecular weight excluding hydrogens is 342 g/mol. The summed E-state index contributed by atoms with van der Waals surface area (Å²) in [6.07, 6.45) is 5.32. The number of pyridine rings is 1. The van der Waals surface area contributed by atoms with Crippen LogP contribution in [0.3, 0.4) is 0 Å². The highest BCUT2D eigenvalue weighted by Gasteiger charge is 2.24. The number of amides is 1. The van der Waals surface area contributed by atoms with Gasteiger partial charge in [-0.15, -0.1) is 5.10 Å². The van der Waals surface area contributed by atoms with Crippen LogP contribution in [-0.2, 0) is 0 Å². The van der Waals surface area contributed by atoms with E-state index in [0.29, 0.717) is 34.0 Å². The lowest BCUT2D eigenvalue weighted by Gasteiger charge is -2.10. The lowest BCUT2D eigenvalue weighted by atomic mass is 10.3. The molecule has 128 valence electrons. The summed E-state index contributed by atoms with van der Waals surface area (Å²) in [5.41, 5.74) is 2.36. The Morgan fingerprint density at radius 1 is 1.32 bits per heavy atom. The lowest BCUT2D eigenvalue weighted by molar-refractivity contribution is 0.102. The average molecular weight is 358 g/mol. The summed E-state index contributed by atoms with van der Waals surface area (Å²) in [7, 11) is 1.78. The molecule has 3 heterocycles. The van der Waals surface area contributed by atoms with E-state index in [9.17, 15) is 4.79 Å². The Labute approximate surface area is 148 Å². The quantitative estimate of drug-likeness (QED) is 0.607. The average Bonchev–Trinajstić information content (AvgIpc) is 3.30. The van der Waals surface area contributed by atoms with Gasteiger partial charge in [-0.05, 0) is 25.0 Å². The second-order valence-corrected chi connectivity index (χ2v) is 6.20. The maximum atomic E-state index is 12.6. The van der Waals surface area contributed by atoms with Crippen molar-refractivity contribution in [2.45, 2.75) is 18.9 Å². The van der Waals surface area contributed by atoms with Crippen LogP contribution < -0.4 is 16.0 Å². The van der Waals surface area contributed by atoms with Gasteiger partial charge in [0.15, 0.2) is 11.3 Å². The molecule has 0 saturated heterocycles. The summed E-state index contributed by atoms with van der Waals surface area (Å²) in [4.78, 5) is 20.9. The van der Waals surface area contributed by atoms with Crippen molar-refractivity contribution in [1.82, 2.24) is 19.6 Å². The van der Waals surface area contributed by atoms with E-state index in [4.69, 9.17) is 11.6 Å². The van der Waals surface area contributed by atoms with E-state index in [1.165, 1.54) is 16.9 Å². The minimum atomic E-state index is -0.326. The van der Waals surface area contributed by atoms with Crippen molar-refractivity contribution in [3.05, 3.63) is 41.4 Å². The molecule has 25 heavy (non-hydrogen) atoms. The standard InChI is InChI=1S/C16H16ClN7O/c1-18-14-7-11(21-9-2-3-9)15-20-8-12(24(15)23-14)16(25)22-10-4-5-19-13(17)6-10/h4-9,21H,2-3H2,1H3,(H,18,23)(H,19,22,25). The van der Waals surface area contributed by atoms with Crippen LogP contribution in [0.25, 0.3) is 5.65 Å². The Kier molecular flexibility index (Phi) is 3.89. The van der Waals surface area contributed by atoms with Gasteiger partial charge >= 0.3 is 0 Å². The first-order valence-electron chi connectivity index (χ1n) is 7.90. The van der Waals surface area contributed by atoms with Crippen LogP contribution in [0.4, 0.5) is 17.2 Å². The fraction of sp³-hybridized carbons (Fsp3) is 0.250. The summed E-state index contributed by atoms with van der Waals surface area (Å²) in [6, 6.07) is 5.60. The van der Waals surface area contributed by atoms with Crippen molar-refractivity contribution in [1.29, 1.82) is 0 Å². The van der Waals surface area contributed by atoms with Crippen molar-refractivity contribution in [3.63, 3.8) is 0 Å². The number of fused-ring (bicyclic) bond motifs is 1. The van der Waals surface area contributed by atoms with Crippen LogP contribution in [-0.4, -0.2) is 38.6 Å². The highest BCUT2D eigenvalue weighted by Crippen LogP contribution is 2.28. The molecule has 3 N–H and O–H groups in total. The smallest absolute Gasteiger partial charge is 0.276 e. The second kappa shape index (κ2) is 6.21. The number of anilines is 3. The first-order chi connectivity index (χ1) is 12.1. The molecule has 1 aliphatic carbocycles. The summed E-state index contributed by atoms with van der Waals surface area (Å²) in [5, 5.41) is 13.9. The minimum absolute atomic E-state index is 0.308. The van der Waals surface area contributed by atoms with Crippen molar-refractivity contribution in [2.75, 3.05) is 23.0 Å². The third kappa shape index (κ3) is 3.20. The molecule has 0 atom stereocenters. The monoisotopic (exact) mass is 357 g/mol. The molecule has 9 heteroatoms. The summed E-state index contributed by atoms with van der Waals surface area (Å²) in [5.74, 6) is 0.322. The van der Waals surface area contributed by atoms with Crippen LogP contribution in [0.1, 0.15) is 23.3 Å². The Bertz CT molecular complexity index is 951. The lowest BCUT2D eigenvalue weighted by Crippen LogP contribution is -2.16. The SMILES string of the molecule is CNc1cc(NC2CC2)c2ncc(C(=O)Nc3ccnc(Cl)c3)n2n1. The predicted octanol–water partition coefficient (Wildman–Crippen LogP) is 2.65. The zero-order valence-electron chi connectivity index (χ0n) is 13.5. The van der Waals surface area contributed by atoms with Gasteiger partial charge < -0.3 is 16.0 Å². The highest BCUT2D eigenvalue weighted by atomic mass is 35.5. The summed E-state index contributed by atoms with van der Waals surface area (Å²) >= 11 is 5.85. The molecule has 0 aliphatic heterocycles. The van der Waals surface area contributed by atoms with E-state index >= 15 is 0 Å². The second-order valence-electron chi connectivity index (χ2n) is 5.81. The van der Waals surface area contributed by atoms with Gasteiger partial charge in [0.05, 0.1) is 11.9 Å². The van der Waals surface area contributed by atoms with Crippen LogP contribution in [0.2, 0.25) is 5.15 Å². The zero-order chi connectivity index (χ0) is 17.4. The van der Waals surface area contributed by atoms with Crippen LogP contribution in [0, 0.1) is 0 Å². The van der Waals surface area contributed by atoms with Gasteiger partial charge in [-0.3, -0.25) is 4.79 Å². The van der Waals surface area contributed by atoms with Gasteiger partial charge in [-0.2, -0.15) is 0 Å². The zero-order valence-corrected chi connectivity index (χ0v) is 14.2. The third-order valence-corrected chi connectivity index (χ3v) is 4.08. The number of carbonyl (C=O) groups excluding carboxylic acids is 1. The highest BCUT2D eigenvalue weighted by molar-refractivity contribution is 6.29. The fourth-order valence-electron chi connectivity index (χ4n) is 2.47. The Morgan fingerprint density at radius 2 is 2.16 bits per heavy atom. The van der Waals surface area contributed by atoms with Crippen molar-refractivity contribution < 1.29 is 4.79 Å². The van der Waals surface area contributed by atoms with E-state index in [-0.39, 0.29) is 5.91 Å². The van der Waals surface area contributed by atoms with Gasteiger partial charge in [-0.25, -0.2) is 14.5 Å². The Morgan fingerprint density at radius 3 is 2.88 bits per heavy atom. The molecule has 0 aromatic carbocycles. The molecule has 1 amide bonds. The Balaban J connectivity index is 1.70. The molecule has 0 bridgehead atoms.